The summed E-state index contributed by atoms with van der Waals surface area (Å²) in [7, 11) is -2.51. The van der Waals surface area contributed by atoms with Crippen molar-refractivity contribution in [1.82, 2.24) is 4.31 Å². The van der Waals surface area contributed by atoms with Crippen LogP contribution in [0.3, 0.4) is 0 Å². The number of hydrogen-bond donors (Lipinski definition) is 1. The van der Waals surface area contributed by atoms with E-state index in [0.717, 1.165) is 0 Å². The Bertz CT molecular complexity index is 1370. The fourth-order valence-corrected chi connectivity index (χ4v) is 4.75. The van der Waals surface area contributed by atoms with E-state index in [1.54, 1.807) is 49.4 Å². The molecular formula is C23H20N2O7S. The Hall–Kier alpha value is -3.76. The van der Waals surface area contributed by atoms with E-state index in [0.29, 0.717) is 28.7 Å². The van der Waals surface area contributed by atoms with Gasteiger partial charge < -0.3 is 24.3 Å². The maximum absolute atomic E-state index is 13.3. The first-order chi connectivity index (χ1) is 15.9. The molecule has 0 aliphatic carbocycles. The Balaban J connectivity index is 1.65. The molecule has 5 rings (SSSR count). The molecule has 33 heavy (non-hydrogen) atoms. The molecule has 3 aromatic rings. The van der Waals surface area contributed by atoms with Crippen LogP contribution in [0.1, 0.15) is 17.3 Å². The van der Waals surface area contributed by atoms with Crippen molar-refractivity contribution in [2.24, 2.45) is 0 Å². The molecule has 0 saturated heterocycles. The van der Waals surface area contributed by atoms with Gasteiger partial charge in [0.1, 0.15) is 16.4 Å². The number of hydrogen-bond acceptors (Lipinski definition) is 7. The first-order valence-corrected chi connectivity index (χ1v) is 11.6. The van der Waals surface area contributed by atoms with Crippen LogP contribution in [0.25, 0.3) is 0 Å². The number of ether oxygens (including phenoxy) is 4. The van der Waals surface area contributed by atoms with Gasteiger partial charge in [-0.1, -0.05) is 19.1 Å². The number of anilines is 1. The van der Waals surface area contributed by atoms with E-state index in [-0.39, 0.29) is 35.3 Å². The quantitative estimate of drug-likeness (QED) is 0.598. The van der Waals surface area contributed by atoms with Crippen LogP contribution in [-0.4, -0.2) is 39.0 Å². The van der Waals surface area contributed by atoms with Crippen LogP contribution >= 0.6 is 0 Å². The highest BCUT2D eigenvalue weighted by Gasteiger charge is 2.30. The SMILES string of the molecule is CCN(C)S(=O)(=O)c1cc2c(cc1Oc1ccc3c(c1)OCO3)Oc1ccccc1NC2=O. The molecule has 2 heterocycles. The number of carbonyl (C=O) groups excluding carboxylic acids is 1. The van der Waals surface area contributed by atoms with Crippen molar-refractivity contribution in [1.29, 1.82) is 0 Å². The molecule has 3 aromatic carbocycles. The molecule has 9 nitrogen and oxygen atoms in total. The summed E-state index contributed by atoms with van der Waals surface area (Å²) in [6.07, 6.45) is 0. The van der Waals surface area contributed by atoms with Gasteiger partial charge >= 0.3 is 0 Å². The summed E-state index contributed by atoms with van der Waals surface area (Å²) < 4.78 is 50.4. The van der Waals surface area contributed by atoms with Gasteiger partial charge in [-0.05, 0) is 30.3 Å². The number of carbonyl (C=O) groups is 1. The van der Waals surface area contributed by atoms with Crippen molar-refractivity contribution in [2.75, 3.05) is 25.7 Å². The molecule has 0 atom stereocenters. The summed E-state index contributed by atoms with van der Waals surface area (Å²) in [5.41, 5.74) is 0.555. The minimum absolute atomic E-state index is 0.0140. The molecule has 0 saturated carbocycles. The highest BCUT2D eigenvalue weighted by atomic mass is 32.2. The Morgan fingerprint density at radius 1 is 1.00 bits per heavy atom. The van der Waals surface area contributed by atoms with Crippen molar-refractivity contribution in [3.8, 4) is 34.5 Å². The minimum atomic E-state index is -3.97. The van der Waals surface area contributed by atoms with Crippen molar-refractivity contribution in [3.63, 3.8) is 0 Å². The Kier molecular flexibility index (Phi) is 5.10. The van der Waals surface area contributed by atoms with Crippen molar-refractivity contribution in [3.05, 3.63) is 60.2 Å². The smallest absolute Gasteiger partial charge is 0.259 e. The topological polar surface area (TPSA) is 103 Å². The van der Waals surface area contributed by atoms with E-state index in [9.17, 15) is 13.2 Å². The van der Waals surface area contributed by atoms with Gasteiger partial charge in [0.25, 0.3) is 5.91 Å². The fourth-order valence-electron chi connectivity index (χ4n) is 3.46. The summed E-state index contributed by atoms with van der Waals surface area (Å²) in [5.74, 6) is 1.53. The summed E-state index contributed by atoms with van der Waals surface area (Å²) >= 11 is 0. The van der Waals surface area contributed by atoms with E-state index in [4.69, 9.17) is 18.9 Å². The molecule has 170 valence electrons. The van der Waals surface area contributed by atoms with Crippen LogP contribution in [0.5, 0.6) is 34.5 Å². The number of para-hydroxylation sites is 2. The van der Waals surface area contributed by atoms with Crippen LogP contribution in [0.15, 0.2) is 59.5 Å². The third-order valence-electron chi connectivity index (χ3n) is 5.35. The lowest BCUT2D eigenvalue weighted by Gasteiger charge is -2.19. The molecule has 10 heteroatoms. The summed E-state index contributed by atoms with van der Waals surface area (Å²) in [6.45, 7) is 2.05. The summed E-state index contributed by atoms with van der Waals surface area (Å²) in [5, 5.41) is 2.75. The lowest BCUT2D eigenvalue weighted by molar-refractivity contribution is 0.102. The number of rotatable bonds is 5. The van der Waals surface area contributed by atoms with E-state index in [2.05, 4.69) is 5.32 Å². The monoisotopic (exact) mass is 468 g/mol. The van der Waals surface area contributed by atoms with Gasteiger partial charge in [-0.15, -0.1) is 0 Å². The molecule has 0 unspecified atom stereocenters. The summed E-state index contributed by atoms with van der Waals surface area (Å²) in [4.78, 5) is 12.8. The Morgan fingerprint density at radius 3 is 2.61 bits per heavy atom. The number of nitrogens with zero attached hydrogens (tertiary/aromatic N) is 1. The predicted octanol–water partition coefficient (Wildman–Crippen LogP) is 4.21. The molecule has 0 radical (unpaired) electrons. The molecule has 2 aliphatic rings. The summed E-state index contributed by atoms with van der Waals surface area (Å²) in [6, 6.07) is 14.6. The fraction of sp³-hybridized carbons (Fsp3) is 0.174. The molecule has 1 amide bonds. The van der Waals surface area contributed by atoms with Gasteiger partial charge in [-0.25, -0.2) is 12.7 Å². The van der Waals surface area contributed by atoms with E-state index < -0.39 is 15.9 Å². The van der Waals surface area contributed by atoms with Gasteiger partial charge in [-0.3, -0.25) is 4.79 Å². The number of sulfonamides is 1. The average molecular weight is 468 g/mol. The second kappa shape index (κ2) is 7.98. The first kappa shape index (κ1) is 21.1. The number of nitrogens with one attached hydrogen (secondary N) is 1. The van der Waals surface area contributed by atoms with Gasteiger partial charge in [0.2, 0.25) is 16.8 Å². The van der Waals surface area contributed by atoms with Gasteiger partial charge in [-0.2, -0.15) is 0 Å². The number of benzene rings is 3. The van der Waals surface area contributed by atoms with E-state index in [1.807, 2.05) is 0 Å². The number of amides is 1. The molecule has 1 N–H and O–H groups in total. The van der Waals surface area contributed by atoms with Crippen LogP contribution in [0.4, 0.5) is 5.69 Å². The maximum atomic E-state index is 13.3. The van der Waals surface area contributed by atoms with Crippen LogP contribution < -0.4 is 24.3 Å². The van der Waals surface area contributed by atoms with Crippen LogP contribution in [0.2, 0.25) is 0 Å². The second-order valence-corrected chi connectivity index (χ2v) is 9.40. The van der Waals surface area contributed by atoms with E-state index in [1.165, 1.54) is 23.5 Å². The predicted molar refractivity (Wildman–Crippen MR) is 119 cm³/mol. The number of fused-ring (bicyclic) bond motifs is 3. The third-order valence-corrected chi connectivity index (χ3v) is 7.30. The molecule has 0 aromatic heterocycles. The standard InChI is InChI=1S/C23H20N2O7S/c1-3-25(2)33(27,28)22-11-15-19(32-17-7-5-4-6-16(17)24-23(15)26)12-21(22)31-14-8-9-18-20(10-14)30-13-29-18/h4-12H,3,13H2,1-2H3,(H,24,26). The van der Waals surface area contributed by atoms with E-state index >= 15 is 0 Å². The van der Waals surface area contributed by atoms with Crippen molar-refractivity contribution < 1.29 is 32.2 Å². The second-order valence-electron chi connectivity index (χ2n) is 7.38. The maximum Gasteiger partial charge on any atom is 0.259 e. The van der Waals surface area contributed by atoms with Gasteiger partial charge in [0, 0.05) is 25.7 Å². The van der Waals surface area contributed by atoms with Gasteiger partial charge in [0.05, 0.1) is 11.3 Å². The molecule has 2 aliphatic heterocycles. The largest absolute Gasteiger partial charge is 0.456 e. The zero-order chi connectivity index (χ0) is 23.2. The molecular weight excluding hydrogens is 448 g/mol. The van der Waals surface area contributed by atoms with Crippen molar-refractivity contribution >= 4 is 21.6 Å². The third kappa shape index (κ3) is 3.73. The molecule has 0 spiro atoms. The first-order valence-electron chi connectivity index (χ1n) is 10.2. The minimum Gasteiger partial charge on any atom is -0.456 e. The van der Waals surface area contributed by atoms with Crippen LogP contribution in [-0.2, 0) is 10.0 Å². The van der Waals surface area contributed by atoms with Crippen molar-refractivity contribution in [2.45, 2.75) is 11.8 Å². The lowest BCUT2D eigenvalue weighted by Crippen LogP contribution is -2.27. The lowest BCUT2D eigenvalue weighted by atomic mass is 10.1. The Morgan fingerprint density at radius 2 is 1.79 bits per heavy atom. The highest BCUT2D eigenvalue weighted by molar-refractivity contribution is 7.89. The van der Waals surface area contributed by atoms with Crippen LogP contribution in [0, 0.1) is 0 Å². The molecule has 0 fully saturated rings. The average Bonchev–Trinajstić information content (AvgIpc) is 3.22. The van der Waals surface area contributed by atoms with Gasteiger partial charge in [0.15, 0.2) is 23.0 Å². The zero-order valence-corrected chi connectivity index (χ0v) is 18.6. The molecule has 0 bridgehead atoms. The normalized spacial score (nSPS) is 14.1. The zero-order valence-electron chi connectivity index (χ0n) is 17.8. The Labute approximate surface area is 190 Å². The highest BCUT2D eigenvalue weighted by Crippen LogP contribution is 2.43.